The molecule has 0 N–H and O–H groups in total. The second-order valence-corrected chi connectivity index (χ2v) is 5.78. The zero-order valence-electron chi connectivity index (χ0n) is 13.3. The van der Waals surface area contributed by atoms with Gasteiger partial charge in [-0.15, -0.1) is 0 Å². The van der Waals surface area contributed by atoms with E-state index in [9.17, 15) is 4.79 Å². The summed E-state index contributed by atoms with van der Waals surface area (Å²) in [5.74, 6) is 1.26. The van der Waals surface area contributed by atoms with Gasteiger partial charge in [0.15, 0.2) is 5.78 Å². The minimum Gasteiger partial charge on any atom is -0.354 e. The zero-order chi connectivity index (χ0) is 15.9. The van der Waals surface area contributed by atoms with Crippen molar-refractivity contribution in [1.82, 2.24) is 14.9 Å². The van der Waals surface area contributed by atoms with Crippen molar-refractivity contribution >= 4 is 11.6 Å². The molecule has 1 aliphatic rings. The van der Waals surface area contributed by atoms with Gasteiger partial charge in [-0.2, -0.15) is 0 Å². The van der Waals surface area contributed by atoms with Crippen LogP contribution in [0.1, 0.15) is 23.2 Å². The minimum absolute atomic E-state index is 0.208. The van der Waals surface area contributed by atoms with E-state index in [0.29, 0.717) is 6.42 Å². The van der Waals surface area contributed by atoms with Crippen LogP contribution in [0, 0.1) is 0 Å². The number of carbonyl (C=O) groups excluding carboxylic acids is 1. The SMILES string of the molecule is O=C(CCCN1CCN(c2ccccn2)CC1)c1ccncc1. The normalized spacial score (nSPS) is 15.6. The lowest BCUT2D eigenvalue weighted by molar-refractivity contribution is 0.0974. The summed E-state index contributed by atoms with van der Waals surface area (Å²) in [6.45, 7) is 5.03. The van der Waals surface area contributed by atoms with Crippen molar-refractivity contribution in [2.75, 3.05) is 37.6 Å². The summed E-state index contributed by atoms with van der Waals surface area (Å²) in [6.07, 6.45) is 6.69. The van der Waals surface area contributed by atoms with Gasteiger partial charge in [0, 0.05) is 56.8 Å². The third-order valence-electron chi connectivity index (χ3n) is 4.23. The van der Waals surface area contributed by atoms with Crippen LogP contribution in [-0.4, -0.2) is 53.4 Å². The van der Waals surface area contributed by atoms with E-state index in [1.54, 1.807) is 24.5 Å². The maximum atomic E-state index is 12.1. The smallest absolute Gasteiger partial charge is 0.163 e. The quantitative estimate of drug-likeness (QED) is 0.766. The first kappa shape index (κ1) is 15.6. The average molecular weight is 310 g/mol. The first-order chi connectivity index (χ1) is 11.3. The third kappa shape index (κ3) is 4.36. The van der Waals surface area contributed by atoms with Crippen LogP contribution in [0.15, 0.2) is 48.9 Å². The van der Waals surface area contributed by atoms with Crippen molar-refractivity contribution in [3.05, 3.63) is 54.5 Å². The highest BCUT2D eigenvalue weighted by atomic mass is 16.1. The molecule has 0 unspecified atom stereocenters. The van der Waals surface area contributed by atoms with E-state index in [0.717, 1.165) is 50.5 Å². The van der Waals surface area contributed by atoms with E-state index in [2.05, 4.69) is 25.8 Å². The largest absolute Gasteiger partial charge is 0.354 e. The van der Waals surface area contributed by atoms with Crippen LogP contribution in [0.25, 0.3) is 0 Å². The van der Waals surface area contributed by atoms with Gasteiger partial charge in [0.2, 0.25) is 0 Å². The first-order valence-corrected chi connectivity index (χ1v) is 8.14. The van der Waals surface area contributed by atoms with Crippen molar-refractivity contribution in [2.24, 2.45) is 0 Å². The number of aromatic nitrogens is 2. The zero-order valence-corrected chi connectivity index (χ0v) is 13.3. The molecule has 5 heteroatoms. The monoisotopic (exact) mass is 310 g/mol. The van der Waals surface area contributed by atoms with Gasteiger partial charge in [0.1, 0.15) is 5.82 Å². The molecule has 0 radical (unpaired) electrons. The Kier molecular flexibility index (Phi) is 5.32. The molecule has 1 aliphatic heterocycles. The van der Waals surface area contributed by atoms with Crippen molar-refractivity contribution in [3.63, 3.8) is 0 Å². The summed E-state index contributed by atoms with van der Waals surface area (Å²) in [5, 5.41) is 0. The van der Waals surface area contributed by atoms with Gasteiger partial charge in [0.25, 0.3) is 0 Å². The van der Waals surface area contributed by atoms with Gasteiger partial charge in [-0.3, -0.25) is 14.7 Å². The van der Waals surface area contributed by atoms with Crippen LogP contribution < -0.4 is 4.90 Å². The predicted octanol–water partition coefficient (Wildman–Crippen LogP) is 2.26. The minimum atomic E-state index is 0.208. The molecule has 3 heterocycles. The molecule has 23 heavy (non-hydrogen) atoms. The van der Waals surface area contributed by atoms with Crippen LogP contribution >= 0.6 is 0 Å². The molecule has 0 atom stereocenters. The maximum absolute atomic E-state index is 12.1. The van der Waals surface area contributed by atoms with Crippen LogP contribution in [0.5, 0.6) is 0 Å². The molecule has 1 fully saturated rings. The molecule has 0 aromatic carbocycles. The van der Waals surface area contributed by atoms with Gasteiger partial charge < -0.3 is 4.90 Å². The van der Waals surface area contributed by atoms with Crippen molar-refractivity contribution in [1.29, 1.82) is 0 Å². The molecule has 1 saturated heterocycles. The van der Waals surface area contributed by atoms with Gasteiger partial charge >= 0.3 is 0 Å². The van der Waals surface area contributed by atoms with Crippen LogP contribution in [0.3, 0.4) is 0 Å². The van der Waals surface area contributed by atoms with Crippen molar-refractivity contribution in [2.45, 2.75) is 12.8 Å². The molecule has 0 aliphatic carbocycles. The molecule has 0 spiro atoms. The topological polar surface area (TPSA) is 49.3 Å². The van der Waals surface area contributed by atoms with E-state index < -0.39 is 0 Å². The lowest BCUT2D eigenvalue weighted by Crippen LogP contribution is -2.46. The fraction of sp³-hybridized carbons (Fsp3) is 0.389. The summed E-state index contributed by atoms with van der Waals surface area (Å²) >= 11 is 0. The average Bonchev–Trinajstić information content (AvgIpc) is 2.64. The summed E-state index contributed by atoms with van der Waals surface area (Å²) < 4.78 is 0. The molecule has 2 aromatic heterocycles. The fourth-order valence-electron chi connectivity index (χ4n) is 2.89. The van der Waals surface area contributed by atoms with E-state index in [4.69, 9.17) is 0 Å². The van der Waals surface area contributed by atoms with E-state index in [1.165, 1.54) is 0 Å². The van der Waals surface area contributed by atoms with Gasteiger partial charge in [-0.1, -0.05) is 6.07 Å². The number of carbonyl (C=O) groups is 1. The molecule has 5 nitrogen and oxygen atoms in total. The summed E-state index contributed by atoms with van der Waals surface area (Å²) in [4.78, 5) is 25.2. The third-order valence-corrected chi connectivity index (χ3v) is 4.23. The van der Waals surface area contributed by atoms with Crippen molar-refractivity contribution < 1.29 is 4.79 Å². The van der Waals surface area contributed by atoms with Crippen molar-refractivity contribution in [3.8, 4) is 0 Å². The molecule has 120 valence electrons. The molecule has 0 bridgehead atoms. The number of pyridine rings is 2. The number of ketones is 1. The number of anilines is 1. The Morgan fingerprint density at radius 1 is 1.00 bits per heavy atom. The highest BCUT2D eigenvalue weighted by Gasteiger charge is 2.17. The Hall–Kier alpha value is -2.27. The number of Topliss-reactive ketones (excluding diaryl/α,β-unsaturated/α-hetero) is 1. The summed E-state index contributed by atoms with van der Waals surface area (Å²) in [5.41, 5.74) is 0.764. The summed E-state index contributed by atoms with van der Waals surface area (Å²) in [6, 6.07) is 9.60. The Balaban J connectivity index is 1.39. The molecule has 0 saturated carbocycles. The second-order valence-electron chi connectivity index (χ2n) is 5.78. The summed E-state index contributed by atoms with van der Waals surface area (Å²) in [7, 11) is 0. The second kappa shape index (κ2) is 7.83. The van der Waals surface area contributed by atoms with Gasteiger partial charge in [-0.05, 0) is 37.2 Å². The van der Waals surface area contributed by atoms with Crippen LogP contribution in [-0.2, 0) is 0 Å². The fourth-order valence-corrected chi connectivity index (χ4v) is 2.89. The molecule has 3 rings (SSSR count). The number of piperazine rings is 1. The number of hydrogen-bond donors (Lipinski definition) is 0. The molecular formula is C18H22N4O. The Bertz CT molecular complexity index is 609. The molecular weight excluding hydrogens is 288 g/mol. The van der Waals surface area contributed by atoms with Crippen LogP contribution in [0.2, 0.25) is 0 Å². The number of nitrogens with zero attached hydrogens (tertiary/aromatic N) is 4. The highest BCUT2D eigenvalue weighted by Crippen LogP contribution is 2.13. The maximum Gasteiger partial charge on any atom is 0.163 e. The molecule has 0 amide bonds. The standard InChI is InChI=1S/C18H22N4O/c23-17(16-6-9-19-10-7-16)4-3-11-21-12-14-22(15-13-21)18-5-1-2-8-20-18/h1-2,5-10H,3-4,11-15H2. The number of hydrogen-bond acceptors (Lipinski definition) is 5. The lowest BCUT2D eigenvalue weighted by Gasteiger charge is -2.35. The van der Waals surface area contributed by atoms with E-state index >= 15 is 0 Å². The Morgan fingerprint density at radius 2 is 1.78 bits per heavy atom. The predicted molar refractivity (Wildman–Crippen MR) is 90.7 cm³/mol. The molecule has 2 aromatic rings. The Labute approximate surface area is 137 Å². The lowest BCUT2D eigenvalue weighted by atomic mass is 10.1. The highest BCUT2D eigenvalue weighted by molar-refractivity contribution is 5.95. The van der Waals surface area contributed by atoms with E-state index in [1.807, 2.05) is 18.3 Å². The Morgan fingerprint density at radius 3 is 2.48 bits per heavy atom. The first-order valence-electron chi connectivity index (χ1n) is 8.14. The van der Waals surface area contributed by atoms with E-state index in [-0.39, 0.29) is 5.78 Å². The van der Waals surface area contributed by atoms with Gasteiger partial charge in [0.05, 0.1) is 0 Å². The van der Waals surface area contributed by atoms with Gasteiger partial charge in [-0.25, -0.2) is 4.98 Å². The van der Waals surface area contributed by atoms with Crippen LogP contribution in [0.4, 0.5) is 5.82 Å². The number of rotatable bonds is 6.